The fourth-order valence-electron chi connectivity index (χ4n) is 4.68. The highest BCUT2D eigenvalue weighted by molar-refractivity contribution is 6.32. The molecule has 0 N–H and O–H groups in total. The zero-order chi connectivity index (χ0) is 24.7. The number of rotatable bonds is 6. The van der Waals surface area contributed by atoms with E-state index in [4.69, 9.17) is 11.6 Å². The molecule has 2 aromatic rings. The van der Waals surface area contributed by atoms with Crippen molar-refractivity contribution in [3.8, 4) is 5.69 Å². The van der Waals surface area contributed by atoms with Gasteiger partial charge in [0.05, 0.1) is 41.3 Å². The van der Waals surface area contributed by atoms with Crippen molar-refractivity contribution >= 4 is 29.1 Å². The number of carbonyl (C=O) groups is 2. The van der Waals surface area contributed by atoms with E-state index < -0.39 is 52.2 Å². The zero-order valence-corrected chi connectivity index (χ0v) is 19.0. The molecule has 178 valence electrons. The molecule has 2 unspecified atom stereocenters. The summed E-state index contributed by atoms with van der Waals surface area (Å²) in [7, 11) is 0. The molecule has 11 heteroatoms. The third-order valence-electron chi connectivity index (χ3n) is 6.27. The lowest BCUT2D eigenvalue weighted by atomic mass is 9.81. The van der Waals surface area contributed by atoms with Crippen LogP contribution < -0.4 is 22.0 Å². The van der Waals surface area contributed by atoms with Crippen molar-refractivity contribution in [2.24, 2.45) is 11.8 Å². The minimum Gasteiger partial charge on any atom is -0.274 e. The quantitative estimate of drug-likeness (QED) is 0.457. The van der Waals surface area contributed by atoms with Crippen molar-refractivity contribution < 1.29 is 14.0 Å². The van der Waals surface area contributed by atoms with Crippen LogP contribution in [0.4, 0.5) is 10.1 Å². The van der Waals surface area contributed by atoms with Crippen LogP contribution in [0.5, 0.6) is 0 Å². The molecule has 2 heterocycles. The Balaban J connectivity index is 1.96. The lowest BCUT2D eigenvalue weighted by Crippen LogP contribution is -2.53. The van der Waals surface area contributed by atoms with E-state index in [-0.39, 0.29) is 23.8 Å². The van der Waals surface area contributed by atoms with E-state index in [0.29, 0.717) is 17.4 Å². The minimum absolute atomic E-state index is 0.201. The van der Waals surface area contributed by atoms with Crippen LogP contribution in [0.3, 0.4) is 0 Å². The summed E-state index contributed by atoms with van der Waals surface area (Å²) in [6, 6.07) is 1.86. The molecule has 1 aliphatic carbocycles. The summed E-state index contributed by atoms with van der Waals surface area (Å²) < 4.78 is 17.1. The second-order valence-corrected chi connectivity index (χ2v) is 8.65. The van der Waals surface area contributed by atoms with Crippen LogP contribution in [0, 0.1) is 17.7 Å². The van der Waals surface area contributed by atoms with Gasteiger partial charge in [0.2, 0.25) is 11.8 Å². The average molecular weight is 489 g/mol. The van der Waals surface area contributed by atoms with E-state index in [1.54, 1.807) is 0 Å². The molecule has 2 atom stereocenters. The Labute approximate surface area is 198 Å². The van der Waals surface area contributed by atoms with Gasteiger partial charge in [-0.2, -0.15) is 0 Å². The third-order valence-corrected chi connectivity index (χ3v) is 6.57. The summed E-state index contributed by atoms with van der Waals surface area (Å²) in [6.45, 7) is 6.62. The molecule has 0 spiro atoms. The molecule has 34 heavy (non-hydrogen) atoms. The number of hydrogen-bond donors (Lipinski definition) is 0. The predicted molar refractivity (Wildman–Crippen MR) is 124 cm³/mol. The number of benzene rings is 1. The highest BCUT2D eigenvalue weighted by atomic mass is 35.5. The van der Waals surface area contributed by atoms with Crippen molar-refractivity contribution in [2.45, 2.75) is 38.8 Å². The van der Waals surface area contributed by atoms with Crippen molar-refractivity contribution in [1.29, 1.82) is 0 Å². The second kappa shape index (κ2) is 9.02. The van der Waals surface area contributed by atoms with Crippen LogP contribution in [0.15, 0.2) is 51.8 Å². The van der Waals surface area contributed by atoms with E-state index in [9.17, 15) is 24.0 Å². The molecular weight excluding hydrogens is 467 g/mol. The minimum atomic E-state index is -1.03. The van der Waals surface area contributed by atoms with Gasteiger partial charge >= 0.3 is 17.1 Å². The maximum atomic E-state index is 15.0. The Morgan fingerprint density at radius 3 is 1.82 bits per heavy atom. The van der Waals surface area contributed by atoms with Crippen molar-refractivity contribution in [2.75, 3.05) is 4.90 Å². The number of halogens is 2. The number of anilines is 1. The maximum Gasteiger partial charge on any atom is 0.341 e. The van der Waals surface area contributed by atoms with Gasteiger partial charge in [-0.15, -0.1) is 13.2 Å². The van der Waals surface area contributed by atoms with Crippen LogP contribution in [0.1, 0.15) is 25.7 Å². The number of aromatic nitrogens is 3. The van der Waals surface area contributed by atoms with Gasteiger partial charge in [0.25, 0.3) is 0 Å². The number of imide groups is 1. The smallest absolute Gasteiger partial charge is 0.274 e. The molecule has 2 fully saturated rings. The molecule has 1 aliphatic heterocycles. The summed E-state index contributed by atoms with van der Waals surface area (Å²) in [4.78, 5) is 65.6. The summed E-state index contributed by atoms with van der Waals surface area (Å²) in [5.74, 6) is -3.04. The van der Waals surface area contributed by atoms with Crippen LogP contribution >= 0.6 is 11.6 Å². The highest BCUT2D eigenvalue weighted by Gasteiger charge is 2.49. The van der Waals surface area contributed by atoms with Gasteiger partial charge in [-0.3, -0.25) is 9.59 Å². The number of allylic oxidation sites excluding steroid dienone is 2. The zero-order valence-electron chi connectivity index (χ0n) is 18.2. The van der Waals surface area contributed by atoms with E-state index >= 15 is 4.39 Å². The summed E-state index contributed by atoms with van der Waals surface area (Å²) >= 11 is 6.22. The molecule has 1 aromatic carbocycles. The first-order valence-electron chi connectivity index (χ1n) is 10.8. The normalized spacial score (nSPS) is 19.9. The Bertz CT molecular complexity index is 1330. The van der Waals surface area contributed by atoms with Gasteiger partial charge in [-0.25, -0.2) is 37.4 Å². The first-order valence-corrected chi connectivity index (χ1v) is 11.2. The van der Waals surface area contributed by atoms with Gasteiger partial charge < -0.3 is 0 Å². The molecule has 1 aromatic heterocycles. The first-order chi connectivity index (χ1) is 16.2. The summed E-state index contributed by atoms with van der Waals surface area (Å²) in [5.41, 5.74) is -3.59. The summed E-state index contributed by atoms with van der Waals surface area (Å²) in [6.07, 6.45) is 5.27. The lowest BCUT2D eigenvalue weighted by molar-refractivity contribution is -0.122. The van der Waals surface area contributed by atoms with Crippen molar-refractivity contribution in [3.05, 3.63) is 79.7 Å². The standard InChI is InChI=1S/C23H22ClFN4O5/c1-3-9-26-21(32)27(10-4-2)23(34)29(22(26)33)17-12-18(16(25)11-15(17)24)28-19(30)13-7-5-6-8-14(13)20(28)31/h3-4,11-14H,1-2,5-10H2. The molecule has 0 bridgehead atoms. The monoisotopic (exact) mass is 488 g/mol. The summed E-state index contributed by atoms with van der Waals surface area (Å²) in [5, 5.41) is -0.314. The third kappa shape index (κ3) is 3.58. The fraction of sp³-hybridized carbons (Fsp3) is 0.348. The van der Waals surface area contributed by atoms with Crippen LogP contribution in [0.25, 0.3) is 5.69 Å². The van der Waals surface area contributed by atoms with Gasteiger partial charge in [0.15, 0.2) is 0 Å². The molecule has 1 saturated heterocycles. The Hall–Kier alpha value is -3.53. The number of carbonyl (C=O) groups excluding carboxylic acids is 2. The van der Waals surface area contributed by atoms with E-state index in [2.05, 4.69) is 13.2 Å². The topological polar surface area (TPSA) is 103 Å². The molecule has 4 rings (SSSR count). The number of amides is 2. The number of fused-ring (bicyclic) bond motifs is 1. The Morgan fingerprint density at radius 1 is 0.853 bits per heavy atom. The molecular formula is C23H22ClFN4O5. The highest BCUT2D eigenvalue weighted by Crippen LogP contribution is 2.41. The molecule has 0 radical (unpaired) electrons. The fourth-order valence-corrected chi connectivity index (χ4v) is 4.91. The van der Waals surface area contributed by atoms with Crippen molar-refractivity contribution in [1.82, 2.24) is 13.7 Å². The van der Waals surface area contributed by atoms with Gasteiger partial charge in [0.1, 0.15) is 5.82 Å². The predicted octanol–water partition coefficient (Wildman–Crippen LogP) is 2.00. The van der Waals surface area contributed by atoms with Crippen LogP contribution in [-0.2, 0) is 22.7 Å². The average Bonchev–Trinajstić information content (AvgIpc) is 3.06. The van der Waals surface area contributed by atoms with E-state index in [1.165, 1.54) is 12.2 Å². The first kappa shape index (κ1) is 23.6. The Kier molecular flexibility index (Phi) is 6.26. The lowest BCUT2D eigenvalue weighted by Gasteiger charge is -2.19. The van der Waals surface area contributed by atoms with Gasteiger partial charge in [-0.1, -0.05) is 36.6 Å². The maximum absolute atomic E-state index is 15.0. The molecule has 2 amide bonds. The van der Waals surface area contributed by atoms with E-state index in [0.717, 1.165) is 39.0 Å². The molecule has 2 aliphatic rings. The van der Waals surface area contributed by atoms with Gasteiger partial charge in [0, 0.05) is 0 Å². The largest absolute Gasteiger partial charge is 0.341 e. The molecule has 9 nitrogen and oxygen atoms in total. The number of nitrogens with zero attached hydrogens (tertiary/aromatic N) is 4. The van der Waals surface area contributed by atoms with Crippen molar-refractivity contribution in [3.63, 3.8) is 0 Å². The van der Waals surface area contributed by atoms with Crippen LogP contribution in [0.2, 0.25) is 5.02 Å². The SMILES string of the molecule is C=CCn1c(=O)n(CC=C)c(=O)n(-c2cc(N3C(=O)C4CCCCC4C3=O)c(F)cc2Cl)c1=O. The second-order valence-electron chi connectivity index (χ2n) is 8.25. The van der Waals surface area contributed by atoms with Gasteiger partial charge in [-0.05, 0) is 25.0 Å². The van der Waals surface area contributed by atoms with Crippen LogP contribution in [-0.4, -0.2) is 25.5 Å². The van der Waals surface area contributed by atoms with E-state index in [1.807, 2.05) is 0 Å². The molecule has 1 saturated carbocycles. The Morgan fingerprint density at radius 2 is 1.35 bits per heavy atom. The number of hydrogen-bond acceptors (Lipinski definition) is 5.